The quantitative estimate of drug-likeness (QED) is 0.433. The van der Waals surface area contributed by atoms with Crippen molar-refractivity contribution >= 4 is 33.4 Å². The van der Waals surface area contributed by atoms with E-state index in [2.05, 4.69) is 46.0 Å². The Balaban J connectivity index is 1.66. The lowest BCUT2D eigenvalue weighted by atomic mass is 9.90. The molecule has 1 fully saturated rings. The number of halogens is 2. The van der Waals surface area contributed by atoms with E-state index in [0.29, 0.717) is 12.1 Å². The fraction of sp³-hybridized carbons (Fsp3) is 0.480. The molecular weight excluding hydrogens is 460 g/mol. The van der Waals surface area contributed by atoms with Crippen molar-refractivity contribution in [3.05, 3.63) is 62.6 Å². The summed E-state index contributed by atoms with van der Waals surface area (Å²) in [6.07, 6.45) is 7.93. The van der Waals surface area contributed by atoms with E-state index in [1.165, 1.54) is 42.4 Å². The van der Waals surface area contributed by atoms with Gasteiger partial charge in [0.15, 0.2) is 0 Å². The number of hydrogen-bond donors (Lipinski definition) is 0. The van der Waals surface area contributed by atoms with Crippen LogP contribution in [-0.4, -0.2) is 36.5 Å². The third-order valence-corrected chi connectivity index (χ3v) is 7.21. The summed E-state index contributed by atoms with van der Waals surface area (Å²) in [5.41, 5.74) is 3.59. The Kier molecular flexibility index (Phi) is 7.05. The van der Waals surface area contributed by atoms with Gasteiger partial charge >= 0.3 is 0 Å². The summed E-state index contributed by atoms with van der Waals surface area (Å²) in [5, 5.41) is 0.829. The average Bonchev–Trinajstić information content (AvgIpc) is 3.11. The minimum Gasteiger partial charge on any atom is -0.496 e. The summed E-state index contributed by atoms with van der Waals surface area (Å²) < 4.78 is 6.64. The van der Waals surface area contributed by atoms with Crippen LogP contribution in [0.5, 0.6) is 5.75 Å². The van der Waals surface area contributed by atoms with E-state index in [9.17, 15) is 0 Å². The molecule has 4 rings (SSSR count). The number of methoxy groups -OCH3 is 1. The van der Waals surface area contributed by atoms with Gasteiger partial charge < -0.3 is 9.64 Å². The van der Waals surface area contributed by atoms with Crippen LogP contribution in [-0.2, 0) is 12.8 Å². The number of nitrogens with zero attached hydrogens (tertiary/aromatic N) is 2. The van der Waals surface area contributed by atoms with E-state index in [4.69, 9.17) is 21.3 Å². The zero-order valence-corrected chi connectivity index (χ0v) is 20.2. The molecule has 5 heteroatoms. The maximum Gasteiger partial charge on any atom is 0.131 e. The third-order valence-electron chi connectivity index (χ3n) is 6.37. The zero-order valence-electron chi connectivity index (χ0n) is 17.8. The highest BCUT2D eigenvalue weighted by Crippen LogP contribution is 2.35. The van der Waals surface area contributed by atoms with Crippen LogP contribution < -0.4 is 4.74 Å². The molecule has 0 bridgehead atoms. The molecule has 2 aromatic rings. The molecule has 2 aliphatic rings. The predicted molar refractivity (Wildman–Crippen MR) is 129 cm³/mol. The first-order valence-corrected chi connectivity index (χ1v) is 12.2. The molecule has 1 saturated carbocycles. The Bertz CT molecular complexity index is 929. The first-order valence-electron chi connectivity index (χ1n) is 11.1. The predicted octanol–water partition coefficient (Wildman–Crippen LogP) is 6.68. The van der Waals surface area contributed by atoms with Crippen molar-refractivity contribution in [3.63, 3.8) is 0 Å². The van der Waals surface area contributed by atoms with Crippen LogP contribution >= 0.6 is 27.5 Å². The highest BCUT2D eigenvalue weighted by atomic mass is 79.9. The van der Waals surface area contributed by atoms with Gasteiger partial charge in [-0.25, -0.2) is 0 Å². The number of amidine groups is 1. The lowest BCUT2D eigenvalue weighted by molar-refractivity contribution is 0.245. The van der Waals surface area contributed by atoms with Crippen molar-refractivity contribution in [1.82, 2.24) is 4.90 Å². The van der Waals surface area contributed by atoms with Gasteiger partial charge in [-0.05, 0) is 67.5 Å². The Morgan fingerprint density at radius 1 is 1.17 bits per heavy atom. The Morgan fingerprint density at radius 2 is 2.00 bits per heavy atom. The van der Waals surface area contributed by atoms with Crippen molar-refractivity contribution in [2.75, 3.05) is 13.7 Å². The Morgan fingerprint density at radius 3 is 2.80 bits per heavy atom. The van der Waals surface area contributed by atoms with Crippen molar-refractivity contribution in [1.29, 1.82) is 0 Å². The van der Waals surface area contributed by atoms with Crippen LogP contribution in [0.15, 0.2) is 45.9 Å². The molecule has 2 atom stereocenters. The minimum atomic E-state index is 0.442. The molecule has 1 aliphatic carbocycles. The molecule has 0 aromatic heterocycles. The van der Waals surface area contributed by atoms with Gasteiger partial charge in [0, 0.05) is 21.6 Å². The number of rotatable bonds is 7. The number of ether oxygens (including phenoxy) is 1. The molecule has 1 heterocycles. The maximum absolute atomic E-state index is 6.74. The summed E-state index contributed by atoms with van der Waals surface area (Å²) in [4.78, 5) is 7.80. The van der Waals surface area contributed by atoms with Crippen LogP contribution in [0.25, 0.3) is 0 Å². The standard InChI is InChI=1S/C25H30BrClN2O/c1-3-15-29-23-10-5-4-9-22(23)28-25(29)20-7-6-8-21(27)19(20)13-11-17-16-18(26)12-14-24(17)30-2/h6-8,12,14,16,22-23H,3-5,9-11,13,15H2,1-2H3/t22-,23-/m0/s1. The number of benzene rings is 2. The van der Waals surface area contributed by atoms with E-state index in [-0.39, 0.29) is 0 Å². The fourth-order valence-electron chi connectivity index (χ4n) is 4.96. The van der Waals surface area contributed by atoms with Crippen LogP contribution in [0, 0.1) is 0 Å². The van der Waals surface area contributed by atoms with E-state index < -0.39 is 0 Å². The largest absolute Gasteiger partial charge is 0.496 e. The molecule has 0 amide bonds. The maximum atomic E-state index is 6.74. The van der Waals surface area contributed by atoms with Crippen molar-refractivity contribution in [2.24, 2.45) is 4.99 Å². The molecule has 0 N–H and O–H groups in total. The van der Waals surface area contributed by atoms with Crippen molar-refractivity contribution < 1.29 is 4.74 Å². The summed E-state index contributed by atoms with van der Waals surface area (Å²) >= 11 is 10.3. The van der Waals surface area contributed by atoms with E-state index in [1.807, 2.05) is 18.2 Å². The van der Waals surface area contributed by atoms with Gasteiger partial charge in [0.2, 0.25) is 0 Å². The number of aliphatic imine (C=N–C) groups is 1. The number of hydrogen-bond acceptors (Lipinski definition) is 3. The van der Waals surface area contributed by atoms with E-state index in [1.54, 1.807) is 7.11 Å². The number of aryl methyl sites for hydroxylation is 1. The Labute approximate surface area is 193 Å². The Hall–Kier alpha value is -1.52. The molecule has 0 radical (unpaired) electrons. The third kappa shape index (κ3) is 4.40. The van der Waals surface area contributed by atoms with Gasteiger partial charge in [-0.3, -0.25) is 4.99 Å². The molecular formula is C25H30BrClN2O. The van der Waals surface area contributed by atoms with Crippen LogP contribution in [0.1, 0.15) is 55.7 Å². The monoisotopic (exact) mass is 488 g/mol. The van der Waals surface area contributed by atoms with Gasteiger partial charge in [0.1, 0.15) is 11.6 Å². The molecule has 2 aromatic carbocycles. The normalized spacial score (nSPS) is 20.8. The topological polar surface area (TPSA) is 24.8 Å². The summed E-state index contributed by atoms with van der Waals surface area (Å²) in [6, 6.07) is 13.4. The van der Waals surface area contributed by atoms with Crippen LogP contribution in [0.2, 0.25) is 5.02 Å². The van der Waals surface area contributed by atoms with Gasteiger partial charge in [-0.1, -0.05) is 59.4 Å². The summed E-state index contributed by atoms with van der Waals surface area (Å²) in [6.45, 7) is 3.32. The molecule has 0 unspecified atom stereocenters. The first kappa shape index (κ1) is 21.7. The minimum absolute atomic E-state index is 0.442. The molecule has 3 nitrogen and oxygen atoms in total. The van der Waals surface area contributed by atoms with Gasteiger partial charge in [0.05, 0.1) is 19.2 Å². The van der Waals surface area contributed by atoms with Gasteiger partial charge in [0.25, 0.3) is 0 Å². The van der Waals surface area contributed by atoms with Crippen LogP contribution in [0.4, 0.5) is 0 Å². The first-order chi connectivity index (χ1) is 14.6. The zero-order chi connectivity index (χ0) is 21.1. The van der Waals surface area contributed by atoms with Crippen LogP contribution in [0.3, 0.4) is 0 Å². The van der Waals surface area contributed by atoms with E-state index in [0.717, 1.165) is 46.9 Å². The smallest absolute Gasteiger partial charge is 0.131 e. The fourth-order valence-corrected chi connectivity index (χ4v) is 5.63. The van der Waals surface area contributed by atoms with E-state index >= 15 is 0 Å². The molecule has 0 spiro atoms. The second-order valence-electron chi connectivity index (χ2n) is 8.29. The second kappa shape index (κ2) is 9.74. The lowest BCUT2D eigenvalue weighted by Crippen LogP contribution is -2.42. The van der Waals surface area contributed by atoms with Gasteiger partial charge in [-0.2, -0.15) is 0 Å². The SMILES string of the molecule is CCCN1C(c2cccc(Cl)c2CCc2cc(Br)ccc2OC)=N[C@H]2CCCC[C@@H]21. The highest BCUT2D eigenvalue weighted by Gasteiger charge is 2.38. The molecule has 1 aliphatic heterocycles. The molecule has 0 saturated heterocycles. The van der Waals surface area contributed by atoms with Crippen molar-refractivity contribution in [2.45, 2.75) is 64.0 Å². The highest BCUT2D eigenvalue weighted by molar-refractivity contribution is 9.10. The van der Waals surface area contributed by atoms with Crippen molar-refractivity contribution in [3.8, 4) is 5.75 Å². The second-order valence-corrected chi connectivity index (χ2v) is 9.61. The molecule has 160 valence electrons. The van der Waals surface area contributed by atoms with Gasteiger partial charge in [-0.15, -0.1) is 0 Å². The summed E-state index contributed by atoms with van der Waals surface area (Å²) in [5.74, 6) is 2.08. The lowest BCUT2D eigenvalue weighted by Gasteiger charge is -2.33. The average molecular weight is 490 g/mol. The molecule has 30 heavy (non-hydrogen) atoms. The number of fused-ring (bicyclic) bond motifs is 1. The summed E-state index contributed by atoms with van der Waals surface area (Å²) in [7, 11) is 1.73.